The highest BCUT2D eigenvalue weighted by Gasteiger charge is 2.21. The molecule has 1 saturated heterocycles. The monoisotopic (exact) mass is 355 g/mol. The fraction of sp³-hybridized carbons (Fsp3) is 0.350. The molecule has 1 aliphatic heterocycles. The minimum Gasteiger partial charge on any atom is -0.497 e. The minimum absolute atomic E-state index is 0.314. The van der Waals surface area contributed by atoms with Gasteiger partial charge in [-0.05, 0) is 31.0 Å². The van der Waals surface area contributed by atoms with E-state index < -0.39 is 0 Å². The summed E-state index contributed by atoms with van der Waals surface area (Å²) in [6.07, 6.45) is 1.84. The number of methoxy groups -OCH3 is 2. The molecular formula is C20H22FN3O2. The van der Waals surface area contributed by atoms with Crippen molar-refractivity contribution in [2.75, 3.05) is 37.5 Å². The van der Waals surface area contributed by atoms with Crippen LogP contribution in [0.5, 0.6) is 11.5 Å². The second kappa shape index (κ2) is 7.96. The Labute approximate surface area is 152 Å². The zero-order valence-electron chi connectivity index (χ0n) is 15.0. The van der Waals surface area contributed by atoms with Crippen molar-refractivity contribution in [1.82, 2.24) is 0 Å². The van der Waals surface area contributed by atoms with E-state index in [0.717, 1.165) is 48.8 Å². The van der Waals surface area contributed by atoms with Crippen molar-refractivity contribution in [3.05, 3.63) is 47.8 Å². The molecule has 3 rings (SSSR count). The van der Waals surface area contributed by atoms with E-state index in [0.29, 0.717) is 11.6 Å². The van der Waals surface area contributed by atoms with Crippen molar-refractivity contribution in [2.45, 2.75) is 18.9 Å². The molecule has 0 amide bonds. The summed E-state index contributed by atoms with van der Waals surface area (Å²) < 4.78 is 23.9. The van der Waals surface area contributed by atoms with Gasteiger partial charge in [-0.25, -0.2) is 4.39 Å². The molecule has 2 aromatic rings. The lowest BCUT2D eigenvalue weighted by atomic mass is 10.0. The van der Waals surface area contributed by atoms with Crippen LogP contribution in [-0.2, 0) is 0 Å². The normalized spacial score (nSPS) is 14.6. The molecular weight excluding hydrogens is 333 g/mol. The Morgan fingerprint density at radius 3 is 2.31 bits per heavy atom. The first-order valence-corrected chi connectivity index (χ1v) is 8.57. The molecule has 0 unspecified atom stereocenters. The van der Waals surface area contributed by atoms with Crippen LogP contribution in [0.3, 0.4) is 0 Å². The molecule has 5 nitrogen and oxygen atoms in total. The van der Waals surface area contributed by atoms with Gasteiger partial charge in [0.05, 0.1) is 25.5 Å². The fourth-order valence-electron chi connectivity index (χ4n) is 3.26. The Morgan fingerprint density at radius 1 is 1.08 bits per heavy atom. The van der Waals surface area contributed by atoms with E-state index in [2.05, 4.69) is 16.3 Å². The zero-order chi connectivity index (χ0) is 18.5. The van der Waals surface area contributed by atoms with Gasteiger partial charge in [-0.2, -0.15) is 5.26 Å². The molecule has 136 valence electrons. The SMILES string of the molecule is COc1cc(NC2CCN(c3ccc(F)cc3C#N)CC2)cc(OC)c1. The fourth-order valence-corrected chi connectivity index (χ4v) is 3.26. The Morgan fingerprint density at radius 2 is 1.73 bits per heavy atom. The number of hydrogen-bond acceptors (Lipinski definition) is 5. The van der Waals surface area contributed by atoms with Crippen molar-refractivity contribution in [1.29, 1.82) is 5.26 Å². The van der Waals surface area contributed by atoms with Crippen LogP contribution in [-0.4, -0.2) is 33.4 Å². The average molecular weight is 355 g/mol. The first-order chi connectivity index (χ1) is 12.6. The summed E-state index contributed by atoms with van der Waals surface area (Å²) in [6, 6.07) is 12.5. The Hall–Kier alpha value is -2.94. The number of anilines is 2. The van der Waals surface area contributed by atoms with Crippen molar-refractivity contribution < 1.29 is 13.9 Å². The van der Waals surface area contributed by atoms with E-state index >= 15 is 0 Å². The number of nitrogens with one attached hydrogen (secondary N) is 1. The van der Waals surface area contributed by atoms with Crippen LogP contribution in [0.25, 0.3) is 0 Å². The molecule has 1 fully saturated rings. The third kappa shape index (κ3) is 3.99. The summed E-state index contributed by atoms with van der Waals surface area (Å²) in [5.74, 6) is 1.11. The van der Waals surface area contributed by atoms with Gasteiger partial charge in [0.15, 0.2) is 0 Å². The maximum atomic E-state index is 13.3. The summed E-state index contributed by atoms with van der Waals surface area (Å²) in [5, 5.41) is 12.8. The van der Waals surface area contributed by atoms with Crippen molar-refractivity contribution in [2.24, 2.45) is 0 Å². The zero-order valence-corrected chi connectivity index (χ0v) is 15.0. The third-order valence-electron chi connectivity index (χ3n) is 4.64. The number of benzene rings is 2. The first kappa shape index (κ1) is 17.9. The second-order valence-corrected chi connectivity index (χ2v) is 6.28. The first-order valence-electron chi connectivity index (χ1n) is 8.57. The van der Waals surface area contributed by atoms with Gasteiger partial charge in [-0.15, -0.1) is 0 Å². The lowest BCUT2D eigenvalue weighted by Gasteiger charge is -2.35. The molecule has 0 aromatic heterocycles. The lowest BCUT2D eigenvalue weighted by molar-refractivity contribution is 0.394. The molecule has 0 atom stereocenters. The average Bonchev–Trinajstić information content (AvgIpc) is 2.68. The van der Waals surface area contributed by atoms with E-state index in [1.54, 1.807) is 20.3 Å². The smallest absolute Gasteiger partial charge is 0.124 e. The molecule has 26 heavy (non-hydrogen) atoms. The van der Waals surface area contributed by atoms with Crippen LogP contribution in [0.15, 0.2) is 36.4 Å². The molecule has 0 saturated carbocycles. The summed E-state index contributed by atoms with van der Waals surface area (Å²) >= 11 is 0. The van der Waals surface area contributed by atoms with Gasteiger partial charge >= 0.3 is 0 Å². The lowest BCUT2D eigenvalue weighted by Crippen LogP contribution is -2.39. The van der Waals surface area contributed by atoms with Crippen LogP contribution in [0.4, 0.5) is 15.8 Å². The molecule has 1 heterocycles. The van der Waals surface area contributed by atoms with Gasteiger partial charge in [0.2, 0.25) is 0 Å². The predicted molar refractivity (Wildman–Crippen MR) is 99.5 cm³/mol. The van der Waals surface area contributed by atoms with Crippen LogP contribution in [0.1, 0.15) is 18.4 Å². The Bertz CT molecular complexity index is 789. The largest absolute Gasteiger partial charge is 0.497 e. The molecule has 0 radical (unpaired) electrons. The molecule has 1 aliphatic rings. The second-order valence-electron chi connectivity index (χ2n) is 6.28. The molecule has 2 aromatic carbocycles. The van der Waals surface area contributed by atoms with Crippen LogP contribution in [0.2, 0.25) is 0 Å². The number of halogens is 1. The minimum atomic E-state index is -0.381. The van der Waals surface area contributed by atoms with Crippen LogP contribution < -0.4 is 19.7 Å². The van der Waals surface area contributed by atoms with Gasteiger partial charge in [0, 0.05) is 43.0 Å². The summed E-state index contributed by atoms with van der Waals surface area (Å²) in [5.41, 5.74) is 2.14. The highest BCUT2D eigenvalue weighted by molar-refractivity contribution is 5.60. The predicted octanol–water partition coefficient (Wildman–Crippen LogP) is 3.80. The highest BCUT2D eigenvalue weighted by Crippen LogP contribution is 2.29. The molecule has 1 N–H and O–H groups in total. The number of piperidine rings is 1. The maximum absolute atomic E-state index is 13.3. The molecule has 0 aliphatic carbocycles. The third-order valence-corrected chi connectivity index (χ3v) is 4.64. The van der Waals surface area contributed by atoms with E-state index in [4.69, 9.17) is 9.47 Å². The molecule has 6 heteroatoms. The van der Waals surface area contributed by atoms with Crippen molar-refractivity contribution in [3.8, 4) is 17.6 Å². The summed E-state index contributed by atoms with van der Waals surface area (Å²) in [6.45, 7) is 1.61. The van der Waals surface area contributed by atoms with Gasteiger partial charge in [0.1, 0.15) is 23.4 Å². The van der Waals surface area contributed by atoms with E-state index in [1.807, 2.05) is 18.2 Å². The van der Waals surface area contributed by atoms with Gasteiger partial charge in [0.25, 0.3) is 0 Å². The van der Waals surface area contributed by atoms with E-state index in [9.17, 15) is 9.65 Å². The number of ether oxygens (including phenoxy) is 2. The summed E-state index contributed by atoms with van der Waals surface area (Å²) in [4.78, 5) is 2.14. The van der Waals surface area contributed by atoms with E-state index in [1.165, 1.54) is 12.1 Å². The van der Waals surface area contributed by atoms with Gasteiger partial charge in [-0.3, -0.25) is 0 Å². The van der Waals surface area contributed by atoms with Gasteiger partial charge < -0.3 is 19.7 Å². The van der Waals surface area contributed by atoms with Crippen molar-refractivity contribution in [3.63, 3.8) is 0 Å². The van der Waals surface area contributed by atoms with Crippen LogP contribution in [0, 0.1) is 17.1 Å². The quantitative estimate of drug-likeness (QED) is 0.884. The molecule has 0 bridgehead atoms. The number of rotatable bonds is 5. The standard InChI is InChI=1S/C20H22FN3O2/c1-25-18-10-17(11-19(12-18)26-2)23-16-5-7-24(8-6-16)20-4-3-15(21)9-14(20)13-22/h3-4,9-12,16,23H,5-8H2,1-2H3. The van der Waals surface area contributed by atoms with Gasteiger partial charge in [-0.1, -0.05) is 0 Å². The maximum Gasteiger partial charge on any atom is 0.124 e. The number of hydrogen-bond donors (Lipinski definition) is 1. The van der Waals surface area contributed by atoms with Crippen molar-refractivity contribution >= 4 is 11.4 Å². The van der Waals surface area contributed by atoms with Crippen LogP contribution >= 0.6 is 0 Å². The Balaban J connectivity index is 1.65. The topological polar surface area (TPSA) is 57.5 Å². The summed E-state index contributed by atoms with van der Waals surface area (Å²) in [7, 11) is 3.26. The Kier molecular flexibility index (Phi) is 5.47. The number of nitriles is 1. The highest BCUT2D eigenvalue weighted by atomic mass is 19.1. The number of nitrogens with zero attached hydrogens (tertiary/aromatic N) is 2. The molecule has 0 spiro atoms. The van der Waals surface area contributed by atoms with E-state index in [-0.39, 0.29) is 5.82 Å².